The molecule has 0 aliphatic carbocycles. The van der Waals surface area contributed by atoms with Crippen LogP contribution in [0.5, 0.6) is 0 Å². The molecule has 1 atom stereocenters. The van der Waals surface area contributed by atoms with Crippen molar-refractivity contribution in [1.82, 2.24) is 20.5 Å². The number of hydrogen-bond donors (Lipinski definition) is 1. The second-order valence-electron chi connectivity index (χ2n) is 7.68. The van der Waals surface area contributed by atoms with E-state index in [0.717, 1.165) is 35.4 Å². The lowest BCUT2D eigenvalue weighted by molar-refractivity contribution is -0.120. The third-order valence-electron chi connectivity index (χ3n) is 5.06. The van der Waals surface area contributed by atoms with Gasteiger partial charge in [0, 0.05) is 17.7 Å². The van der Waals surface area contributed by atoms with E-state index >= 15 is 0 Å². The molecule has 162 valence electrons. The summed E-state index contributed by atoms with van der Waals surface area (Å²) in [6.45, 7) is 8.94. The molecule has 3 rings (SSSR count). The minimum atomic E-state index is -0.241. The Kier molecular flexibility index (Phi) is 8.18. The second-order valence-corrected chi connectivity index (χ2v) is 8.85. The standard InChI is InChI=1S/C25H30N4OS/c1-5-7-16-26-24(30)21(6-2)31-25-27-22(19-12-8-17(3)9-13-19)23(28-29-25)20-14-10-18(4)11-15-20/h8-15,21H,5-7,16H2,1-4H3,(H,26,30)/t21-/m0/s1. The third-order valence-corrected chi connectivity index (χ3v) is 6.27. The molecular weight excluding hydrogens is 404 g/mol. The summed E-state index contributed by atoms with van der Waals surface area (Å²) in [5.74, 6) is 0.0315. The van der Waals surface area contributed by atoms with Crippen molar-refractivity contribution in [2.75, 3.05) is 6.54 Å². The minimum Gasteiger partial charge on any atom is -0.355 e. The molecule has 0 fully saturated rings. The number of unbranched alkanes of at least 4 members (excludes halogenated alkanes) is 1. The fourth-order valence-corrected chi connectivity index (χ4v) is 3.97. The first-order valence-electron chi connectivity index (χ1n) is 10.8. The van der Waals surface area contributed by atoms with Crippen LogP contribution in [0.2, 0.25) is 0 Å². The molecule has 0 bridgehead atoms. The van der Waals surface area contributed by atoms with Crippen molar-refractivity contribution in [3.63, 3.8) is 0 Å². The molecule has 1 amide bonds. The smallest absolute Gasteiger partial charge is 0.233 e. The summed E-state index contributed by atoms with van der Waals surface area (Å²) in [5, 5.41) is 12.2. The lowest BCUT2D eigenvalue weighted by Gasteiger charge is -2.15. The van der Waals surface area contributed by atoms with Crippen LogP contribution in [0.15, 0.2) is 53.7 Å². The summed E-state index contributed by atoms with van der Waals surface area (Å²) in [4.78, 5) is 17.4. The lowest BCUT2D eigenvalue weighted by Crippen LogP contribution is -2.33. The summed E-state index contributed by atoms with van der Waals surface area (Å²) in [6, 6.07) is 16.5. The maximum atomic E-state index is 12.6. The number of carbonyl (C=O) groups excluding carboxylic acids is 1. The van der Waals surface area contributed by atoms with Gasteiger partial charge in [-0.3, -0.25) is 4.79 Å². The Hall–Kier alpha value is -2.73. The van der Waals surface area contributed by atoms with E-state index in [1.807, 2.05) is 19.1 Å². The van der Waals surface area contributed by atoms with Crippen LogP contribution in [0.1, 0.15) is 44.2 Å². The van der Waals surface area contributed by atoms with Gasteiger partial charge in [-0.15, -0.1) is 10.2 Å². The molecule has 1 N–H and O–H groups in total. The van der Waals surface area contributed by atoms with Crippen molar-refractivity contribution in [1.29, 1.82) is 0 Å². The van der Waals surface area contributed by atoms with Gasteiger partial charge in [0.2, 0.25) is 11.1 Å². The fourth-order valence-electron chi connectivity index (χ4n) is 3.13. The van der Waals surface area contributed by atoms with Gasteiger partial charge in [-0.1, -0.05) is 91.7 Å². The number of nitrogens with zero attached hydrogens (tertiary/aromatic N) is 3. The number of amides is 1. The average molecular weight is 435 g/mol. The van der Waals surface area contributed by atoms with E-state index in [1.165, 1.54) is 22.9 Å². The number of aromatic nitrogens is 3. The van der Waals surface area contributed by atoms with E-state index in [4.69, 9.17) is 4.98 Å². The summed E-state index contributed by atoms with van der Waals surface area (Å²) in [5.41, 5.74) is 5.86. The van der Waals surface area contributed by atoms with Gasteiger partial charge < -0.3 is 5.32 Å². The molecule has 1 aromatic heterocycles. The highest BCUT2D eigenvalue weighted by Crippen LogP contribution is 2.31. The maximum Gasteiger partial charge on any atom is 0.233 e. The molecule has 0 saturated carbocycles. The van der Waals surface area contributed by atoms with Crippen LogP contribution in [0, 0.1) is 13.8 Å². The number of benzene rings is 2. The van der Waals surface area contributed by atoms with Gasteiger partial charge in [0.1, 0.15) is 11.4 Å². The molecule has 31 heavy (non-hydrogen) atoms. The van der Waals surface area contributed by atoms with Gasteiger partial charge in [-0.2, -0.15) is 0 Å². The van der Waals surface area contributed by atoms with Crippen molar-refractivity contribution < 1.29 is 4.79 Å². The van der Waals surface area contributed by atoms with Crippen molar-refractivity contribution in [3.05, 3.63) is 59.7 Å². The first-order chi connectivity index (χ1) is 15.0. The molecule has 0 aliphatic heterocycles. The monoisotopic (exact) mass is 434 g/mol. The number of carbonyl (C=O) groups is 1. The Morgan fingerprint density at radius 2 is 1.48 bits per heavy atom. The van der Waals surface area contributed by atoms with E-state index in [2.05, 4.69) is 72.7 Å². The maximum absolute atomic E-state index is 12.6. The Morgan fingerprint density at radius 1 is 0.903 bits per heavy atom. The predicted molar refractivity (Wildman–Crippen MR) is 128 cm³/mol. The molecule has 2 aromatic carbocycles. The Labute approximate surface area is 189 Å². The van der Waals surface area contributed by atoms with Crippen LogP contribution >= 0.6 is 11.8 Å². The molecule has 6 heteroatoms. The Morgan fingerprint density at radius 3 is 2.03 bits per heavy atom. The molecular formula is C25H30N4OS. The molecule has 1 heterocycles. The largest absolute Gasteiger partial charge is 0.355 e. The zero-order valence-corrected chi connectivity index (χ0v) is 19.5. The lowest BCUT2D eigenvalue weighted by atomic mass is 10.0. The highest BCUT2D eigenvalue weighted by molar-refractivity contribution is 8.00. The van der Waals surface area contributed by atoms with E-state index in [9.17, 15) is 4.79 Å². The normalized spacial score (nSPS) is 11.9. The van der Waals surface area contributed by atoms with Crippen molar-refractivity contribution in [3.8, 4) is 22.5 Å². The average Bonchev–Trinajstić information content (AvgIpc) is 2.78. The Bertz CT molecular complexity index is 1000. The first kappa shape index (κ1) is 22.9. The van der Waals surface area contributed by atoms with Gasteiger partial charge in [-0.05, 0) is 26.7 Å². The fraction of sp³-hybridized carbons (Fsp3) is 0.360. The second kappa shape index (κ2) is 11.0. The Balaban J connectivity index is 1.94. The summed E-state index contributed by atoms with van der Waals surface area (Å²) < 4.78 is 0. The number of aryl methyl sites for hydroxylation is 2. The minimum absolute atomic E-state index is 0.0315. The van der Waals surface area contributed by atoms with Crippen LogP contribution in [-0.4, -0.2) is 32.9 Å². The van der Waals surface area contributed by atoms with Crippen LogP contribution in [0.3, 0.4) is 0 Å². The number of thioether (sulfide) groups is 1. The molecule has 0 saturated heterocycles. The van der Waals surface area contributed by atoms with Gasteiger partial charge in [0.05, 0.1) is 5.25 Å². The molecule has 0 aliphatic rings. The van der Waals surface area contributed by atoms with Crippen molar-refractivity contribution in [2.45, 2.75) is 57.4 Å². The van der Waals surface area contributed by atoms with E-state index in [-0.39, 0.29) is 11.2 Å². The van der Waals surface area contributed by atoms with E-state index in [0.29, 0.717) is 18.1 Å². The summed E-state index contributed by atoms with van der Waals surface area (Å²) in [6.07, 6.45) is 2.73. The summed E-state index contributed by atoms with van der Waals surface area (Å²) in [7, 11) is 0. The van der Waals surface area contributed by atoms with Gasteiger partial charge >= 0.3 is 0 Å². The van der Waals surface area contributed by atoms with Gasteiger partial charge in [-0.25, -0.2) is 4.98 Å². The number of hydrogen-bond acceptors (Lipinski definition) is 5. The van der Waals surface area contributed by atoms with Crippen molar-refractivity contribution in [2.24, 2.45) is 0 Å². The molecule has 0 radical (unpaired) electrons. The molecule has 0 unspecified atom stereocenters. The predicted octanol–water partition coefficient (Wildman–Crippen LogP) is 5.61. The zero-order chi connectivity index (χ0) is 22.2. The van der Waals surface area contributed by atoms with Crippen LogP contribution in [-0.2, 0) is 4.79 Å². The molecule has 0 spiro atoms. The van der Waals surface area contributed by atoms with Gasteiger partial charge in [0.15, 0.2) is 0 Å². The topological polar surface area (TPSA) is 67.8 Å². The summed E-state index contributed by atoms with van der Waals surface area (Å²) >= 11 is 1.38. The first-order valence-corrected chi connectivity index (χ1v) is 11.7. The zero-order valence-electron chi connectivity index (χ0n) is 18.7. The molecule has 5 nitrogen and oxygen atoms in total. The SMILES string of the molecule is CCCCNC(=O)[C@H](CC)Sc1nnc(-c2ccc(C)cc2)c(-c2ccc(C)cc2)n1. The third kappa shape index (κ3) is 6.14. The van der Waals surface area contributed by atoms with Crippen LogP contribution < -0.4 is 5.32 Å². The van der Waals surface area contributed by atoms with Crippen molar-refractivity contribution >= 4 is 17.7 Å². The number of rotatable bonds is 9. The van der Waals surface area contributed by atoms with E-state index < -0.39 is 0 Å². The quantitative estimate of drug-likeness (QED) is 0.350. The number of nitrogens with one attached hydrogen (secondary N) is 1. The highest BCUT2D eigenvalue weighted by atomic mass is 32.2. The van der Waals surface area contributed by atoms with Crippen LogP contribution in [0.25, 0.3) is 22.5 Å². The van der Waals surface area contributed by atoms with Gasteiger partial charge in [0.25, 0.3) is 0 Å². The molecule has 3 aromatic rings. The highest BCUT2D eigenvalue weighted by Gasteiger charge is 2.21. The van der Waals surface area contributed by atoms with E-state index in [1.54, 1.807) is 0 Å². The van der Waals surface area contributed by atoms with Crippen LogP contribution in [0.4, 0.5) is 0 Å².